The number of halogens is 1. The van der Waals surface area contributed by atoms with Gasteiger partial charge in [0, 0.05) is 5.41 Å². The predicted molar refractivity (Wildman–Crippen MR) is 50.4 cm³/mol. The van der Waals surface area contributed by atoms with Crippen molar-refractivity contribution < 1.29 is 19.8 Å². The molecule has 0 radical (unpaired) electrons. The molecule has 2 unspecified atom stereocenters. The van der Waals surface area contributed by atoms with Gasteiger partial charge in [0.1, 0.15) is 5.41 Å². The van der Waals surface area contributed by atoms with Crippen LogP contribution < -0.4 is 0 Å². The fourth-order valence-electron chi connectivity index (χ4n) is 2.61. The summed E-state index contributed by atoms with van der Waals surface area (Å²) in [5, 5.41) is 18.0. The Bertz CT molecular complexity index is 312. The molecule has 1 aliphatic carbocycles. The fourth-order valence-corrected chi connectivity index (χ4v) is 3.18. The molecule has 0 amide bonds. The third kappa shape index (κ3) is 0.764. The lowest BCUT2D eigenvalue weighted by Crippen LogP contribution is -2.29. The van der Waals surface area contributed by atoms with Crippen molar-refractivity contribution in [1.82, 2.24) is 0 Å². The number of alkyl halides is 1. The second kappa shape index (κ2) is 2.63. The standard InChI is InChI=1S/C9H13ClO4/c1-4-8(5(11)12)7(2,3)9(8,10)6(13)14/h4H2,1-3H3,(H,11,12)(H,13,14). The SMILES string of the molecule is CCC1(C(=O)O)C(C)(C)C1(Cl)C(=O)O. The second-order valence-electron chi connectivity index (χ2n) is 4.15. The molecule has 5 heteroatoms. The molecule has 1 rings (SSSR count). The van der Waals surface area contributed by atoms with Crippen LogP contribution in [0, 0.1) is 10.8 Å². The van der Waals surface area contributed by atoms with Crippen molar-refractivity contribution in [3.8, 4) is 0 Å². The van der Waals surface area contributed by atoms with E-state index in [-0.39, 0.29) is 6.42 Å². The summed E-state index contributed by atoms with van der Waals surface area (Å²) in [6.45, 7) is 4.79. The fraction of sp³-hybridized carbons (Fsp3) is 0.778. The lowest BCUT2D eigenvalue weighted by molar-refractivity contribution is -0.148. The van der Waals surface area contributed by atoms with Gasteiger partial charge in [-0.15, -0.1) is 11.6 Å². The van der Waals surface area contributed by atoms with E-state index in [4.69, 9.17) is 21.8 Å². The van der Waals surface area contributed by atoms with E-state index < -0.39 is 27.6 Å². The van der Waals surface area contributed by atoms with Gasteiger partial charge in [0.05, 0.1) is 0 Å². The molecule has 1 fully saturated rings. The van der Waals surface area contributed by atoms with E-state index in [0.29, 0.717) is 0 Å². The first-order valence-corrected chi connectivity index (χ1v) is 4.73. The highest BCUT2D eigenvalue weighted by molar-refractivity contribution is 6.40. The number of carbonyl (C=O) groups is 2. The van der Waals surface area contributed by atoms with Gasteiger partial charge in [-0.25, -0.2) is 0 Å². The monoisotopic (exact) mass is 220 g/mol. The van der Waals surface area contributed by atoms with Crippen molar-refractivity contribution in [2.24, 2.45) is 10.8 Å². The van der Waals surface area contributed by atoms with Crippen LogP contribution in [-0.2, 0) is 9.59 Å². The molecule has 80 valence electrons. The highest BCUT2D eigenvalue weighted by Crippen LogP contribution is 2.77. The van der Waals surface area contributed by atoms with Crippen molar-refractivity contribution in [2.45, 2.75) is 32.1 Å². The molecule has 0 aliphatic heterocycles. The van der Waals surface area contributed by atoms with Gasteiger partial charge in [0.2, 0.25) is 0 Å². The lowest BCUT2D eigenvalue weighted by atomic mass is 9.93. The maximum Gasteiger partial charge on any atom is 0.326 e. The highest BCUT2D eigenvalue weighted by atomic mass is 35.5. The average Bonchev–Trinajstić information content (AvgIpc) is 2.44. The minimum Gasteiger partial charge on any atom is -0.481 e. The zero-order valence-corrected chi connectivity index (χ0v) is 9.05. The van der Waals surface area contributed by atoms with E-state index in [0.717, 1.165) is 0 Å². The zero-order chi connectivity index (χ0) is 11.4. The normalized spacial score (nSPS) is 39.1. The van der Waals surface area contributed by atoms with Crippen LogP contribution in [-0.4, -0.2) is 27.0 Å². The van der Waals surface area contributed by atoms with Gasteiger partial charge in [0.25, 0.3) is 0 Å². The molecule has 1 saturated carbocycles. The molecule has 1 aliphatic rings. The predicted octanol–water partition coefficient (Wildman–Crippen LogP) is 1.57. The smallest absolute Gasteiger partial charge is 0.326 e. The summed E-state index contributed by atoms with van der Waals surface area (Å²) in [4.78, 5) is 20.4. The summed E-state index contributed by atoms with van der Waals surface area (Å²) < 4.78 is 0. The van der Waals surface area contributed by atoms with Crippen molar-refractivity contribution in [1.29, 1.82) is 0 Å². The van der Waals surface area contributed by atoms with Gasteiger partial charge in [-0.05, 0) is 6.42 Å². The van der Waals surface area contributed by atoms with Gasteiger partial charge < -0.3 is 10.2 Å². The second-order valence-corrected chi connectivity index (χ2v) is 4.72. The first-order valence-electron chi connectivity index (χ1n) is 4.36. The summed E-state index contributed by atoms with van der Waals surface area (Å²) in [5.74, 6) is -2.39. The van der Waals surface area contributed by atoms with E-state index >= 15 is 0 Å². The number of carboxylic acid groups (broad SMARTS) is 2. The van der Waals surface area contributed by atoms with Crippen molar-refractivity contribution in [3.63, 3.8) is 0 Å². The molecule has 0 bridgehead atoms. The van der Waals surface area contributed by atoms with E-state index in [1.54, 1.807) is 20.8 Å². The summed E-state index contributed by atoms with van der Waals surface area (Å²) in [5.41, 5.74) is -2.28. The quantitative estimate of drug-likeness (QED) is 0.708. The first kappa shape index (κ1) is 11.3. The summed E-state index contributed by atoms with van der Waals surface area (Å²) in [7, 11) is 0. The number of aliphatic carboxylic acids is 2. The third-order valence-electron chi connectivity index (χ3n) is 3.64. The Labute approximate surface area is 86.9 Å². The minimum absolute atomic E-state index is 0.213. The van der Waals surface area contributed by atoms with E-state index in [1.165, 1.54) is 0 Å². The van der Waals surface area contributed by atoms with Crippen LogP contribution in [0.5, 0.6) is 0 Å². The Morgan fingerprint density at radius 2 is 1.64 bits per heavy atom. The molecule has 2 atom stereocenters. The molecule has 0 aromatic rings. The Morgan fingerprint density at radius 3 is 1.71 bits per heavy atom. The van der Waals surface area contributed by atoms with E-state index in [9.17, 15) is 9.59 Å². The van der Waals surface area contributed by atoms with Crippen LogP contribution in [0.4, 0.5) is 0 Å². The zero-order valence-electron chi connectivity index (χ0n) is 8.30. The molecule has 0 spiro atoms. The number of hydrogen-bond donors (Lipinski definition) is 2. The summed E-state index contributed by atoms with van der Waals surface area (Å²) >= 11 is 5.91. The van der Waals surface area contributed by atoms with Gasteiger partial charge in [-0.3, -0.25) is 9.59 Å². The molecule has 0 saturated heterocycles. The van der Waals surface area contributed by atoms with Gasteiger partial charge in [-0.1, -0.05) is 20.8 Å². The minimum atomic E-state index is -1.68. The maximum atomic E-state index is 11.1. The van der Waals surface area contributed by atoms with Crippen LogP contribution in [0.3, 0.4) is 0 Å². The molecule has 0 aromatic heterocycles. The number of rotatable bonds is 3. The number of carboxylic acids is 2. The Hall–Kier alpha value is -0.770. The van der Waals surface area contributed by atoms with Crippen LogP contribution in [0.1, 0.15) is 27.2 Å². The van der Waals surface area contributed by atoms with Gasteiger partial charge in [-0.2, -0.15) is 0 Å². The number of hydrogen-bond acceptors (Lipinski definition) is 2. The lowest BCUT2D eigenvalue weighted by Gasteiger charge is -2.11. The molecule has 14 heavy (non-hydrogen) atoms. The van der Waals surface area contributed by atoms with Gasteiger partial charge in [0.15, 0.2) is 4.87 Å². The maximum absolute atomic E-state index is 11.1. The Balaban J connectivity index is 3.28. The van der Waals surface area contributed by atoms with Crippen LogP contribution >= 0.6 is 11.6 Å². The van der Waals surface area contributed by atoms with Crippen LogP contribution in [0.2, 0.25) is 0 Å². The van der Waals surface area contributed by atoms with Crippen LogP contribution in [0.25, 0.3) is 0 Å². The third-order valence-corrected chi connectivity index (χ3v) is 4.60. The molecular weight excluding hydrogens is 208 g/mol. The highest BCUT2D eigenvalue weighted by Gasteiger charge is 2.89. The summed E-state index contributed by atoms with van der Waals surface area (Å²) in [6.07, 6.45) is 0.213. The summed E-state index contributed by atoms with van der Waals surface area (Å²) in [6, 6.07) is 0. The van der Waals surface area contributed by atoms with E-state index in [2.05, 4.69) is 0 Å². The Kier molecular flexibility index (Phi) is 2.12. The van der Waals surface area contributed by atoms with Crippen molar-refractivity contribution in [2.75, 3.05) is 0 Å². The Morgan fingerprint density at radius 1 is 1.21 bits per heavy atom. The van der Waals surface area contributed by atoms with Crippen molar-refractivity contribution >= 4 is 23.5 Å². The van der Waals surface area contributed by atoms with Crippen LogP contribution in [0.15, 0.2) is 0 Å². The molecule has 0 heterocycles. The topological polar surface area (TPSA) is 74.6 Å². The largest absolute Gasteiger partial charge is 0.481 e. The molecule has 0 aromatic carbocycles. The molecule has 2 N–H and O–H groups in total. The van der Waals surface area contributed by atoms with Gasteiger partial charge >= 0.3 is 11.9 Å². The van der Waals surface area contributed by atoms with Crippen molar-refractivity contribution in [3.05, 3.63) is 0 Å². The molecule has 4 nitrogen and oxygen atoms in total. The first-order chi connectivity index (χ1) is 6.20. The van der Waals surface area contributed by atoms with E-state index in [1.807, 2.05) is 0 Å². The average molecular weight is 221 g/mol. The molecular formula is C9H13ClO4.